The number of amides is 1. The van der Waals surface area contributed by atoms with Gasteiger partial charge in [0.2, 0.25) is 5.76 Å². The van der Waals surface area contributed by atoms with Crippen LogP contribution in [-0.4, -0.2) is 64.6 Å². The fourth-order valence-electron chi connectivity index (χ4n) is 5.53. The van der Waals surface area contributed by atoms with Crippen molar-refractivity contribution in [2.45, 2.75) is 69.7 Å². The Hall–Kier alpha value is -2.48. The van der Waals surface area contributed by atoms with Gasteiger partial charge in [0.05, 0.1) is 17.9 Å². The lowest BCUT2D eigenvalue weighted by atomic mass is 9.87. The van der Waals surface area contributed by atoms with Gasteiger partial charge in [0.25, 0.3) is 5.91 Å². The fourth-order valence-corrected chi connectivity index (χ4v) is 5.53. The van der Waals surface area contributed by atoms with Gasteiger partial charge in [-0.1, -0.05) is 24.4 Å². The predicted octanol–water partition coefficient (Wildman–Crippen LogP) is 3.56. The molecule has 1 unspecified atom stereocenters. The normalized spacial score (nSPS) is 22.6. The van der Waals surface area contributed by atoms with Crippen LogP contribution in [0.2, 0.25) is 0 Å². The highest BCUT2D eigenvalue weighted by atomic mass is 16.5. The molecule has 1 N–H and O–H groups in total. The van der Waals surface area contributed by atoms with Gasteiger partial charge < -0.3 is 19.6 Å². The molecule has 8 nitrogen and oxygen atoms in total. The number of piperidine rings is 1. The number of likely N-dealkylation sites (tertiary alicyclic amines) is 1. The summed E-state index contributed by atoms with van der Waals surface area (Å²) in [6.45, 7) is 3.23. The van der Waals surface area contributed by atoms with Gasteiger partial charge in [0, 0.05) is 43.6 Å². The summed E-state index contributed by atoms with van der Waals surface area (Å²) in [5, 5.41) is 7.51. The van der Waals surface area contributed by atoms with Gasteiger partial charge in [-0.05, 0) is 45.7 Å². The third-order valence-corrected chi connectivity index (χ3v) is 7.36. The van der Waals surface area contributed by atoms with E-state index in [-0.39, 0.29) is 5.91 Å². The Morgan fingerprint density at radius 1 is 1.09 bits per heavy atom. The summed E-state index contributed by atoms with van der Waals surface area (Å²) >= 11 is 0. The zero-order chi connectivity index (χ0) is 22.1. The monoisotopic (exact) mass is 438 g/mol. The Bertz CT molecular complexity index is 967. The molecule has 0 spiro atoms. The molecule has 2 aliphatic heterocycles. The van der Waals surface area contributed by atoms with Crippen LogP contribution in [0, 0.1) is 0 Å². The lowest BCUT2D eigenvalue weighted by Crippen LogP contribution is -2.37. The zero-order valence-corrected chi connectivity index (χ0v) is 19.3. The number of anilines is 1. The number of fused-ring (bicyclic) bond motifs is 1. The molecule has 3 aliphatic rings. The van der Waals surface area contributed by atoms with Crippen molar-refractivity contribution < 1.29 is 9.32 Å². The number of carbonyl (C=O) groups is 1. The van der Waals surface area contributed by atoms with Crippen LogP contribution in [0.15, 0.2) is 10.6 Å². The number of carbonyl (C=O) groups excluding carboxylic acids is 1. The molecule has 0 aromatic carbocycles. The lowest BCUT2D eigenvalue weighted by Gasteiger charge is -2.31. The minimum atomic E-state index is -0.0891. The number of nitrogens with zero attached hydrogens (tertiary/aromatic N) is 5. The zero-order valence-electron chi connectivity index (χ0n) is 19.3. The van der Waals surface area contributed by atoms with Crippen LogP contribution >= 0.6 is 0 Å². The van der Waals surface area contributed by atoms with Crippen molar-refractivity contribution in [1.29, 1.82) is 0 Å². The molecule has 1 saturated carbocycles. The van der Waals surface area contributed by atoms with Gasteiger partial charge in [-0.3, -0.25) is 4.79 Å². The highest BCUT2D eigenvalue weighted by Gasteiger charge is 2.30. The van der Waals surface area contributed by atoms with E-state index >= 15 is 0 Å². The van der Waals surface area contributed by atoms with Crippen LogP contribution in [0.4, 0.5) is 5.82 Å². The van der Waals surface area contributed by atoms with Crippen molar-refractivity contribution in [1.82, 2.24) is 24.9 Å². The van der Waals surface area contributed by atoms with Gasteiger partial charge in [-0.25, -0.2) is 9.97 Å². The second kappa shape index (κ2) is 9.17. The third kappa shape index (κ3) is 4.25. The van der Waals surface area contributed by atoms with Crippen LogP contribution in [0.3, 0.4) is 0 Å². The average molecular weight is 439 g/mol. The second-order valence-electron chi connectivity index (χ2n) is 9.63. The van der Waals surface area contributed by atoms with Crippen molar-refractivity contribution >= 4 is 11.7 Å². The van der Waals surface area contributed by atoms with E-state index in [0.717, 1.165) is 73.8 Å². The van der Waals surface area contributed by atoms with E-state index in [9.17, 15) is 4.79 Å². The number of likely N-dealkylation sites (N-methyl/N-ethyl adjacent to an activating group) is 1. The second-order valence-corrected chi connectivity index (χ2v) is 9.63. The summed E-state index contributed by atoms with van der Waals surface area (Å²) in [5.74, 6) is 2.83. The first-order chi connectivity index (χ1) is 15.6. The van der Waals surface area contributed by atoms with E-state index in [1.165, 1.54) is 19.3 Å². The first-order valence-electron chi connectivity index (χ1n) is 12.1. The van der Waals surface area contributed by atoms with E-state index in [2.05, 4.69) is 22.4 Å². The van der Waals surface area contributed by atoms with Gasteiger partial charge in [-0.2, -0.15) is 0 Å². The molecular weight excluding hydrogens is 404 g/mol. The minimum absolute atomic E-state index is 0.0891. The quantitative estimate of drug-likeness (QED) is 0.781. The Morgan fingerprint density at radius 2 is 1.91 bits per heavy atom. The van der Waals surface area contributed by atoms with Crippen molar-refractivity contribution in [3.63, 3.8) is 0 Å². The molecular formula is C24H34N6O2. The van der Waals surface area contributed by atoms with Gasteiger partial charge in [0.1, 0.15) is 11.6 Å². The van der Waals surface area contributed by atoms with E-state index in [4.69, 9.17) is 14.5 Å². The van der Waals surface area contributed by atoms with Gasteiger partial charge >= 0.3 is 0 Å². The summed E-state index contributed by atoms with van der Waals surface area (Å²) in [7, 11) is 4.07. The number of rotatable bonds is 4. The van der Waals surface area contributed by atoms with E-state index < -0.39 is 0 Å². The number of hydrogen-bond donors (Lipinski definition) is 1. The van der Waals surface area contributed by atoms with Gasteiger partial charge in [-0.15, -0.1) is 0 Å². The standard InChI is InChI=1S/C24H34N6O2/c1-25-23-18-10-12-30(15-20(18)26-22(27-23)17-9-6-11-29(2)14-17)24(31)21-13-19(28-32-21)16-7-4-3-5-8-16/h13,16-17H,3-12,14-15H2,1-2H3,(H,25,26,27). The molecule has 2 fully saturated rings. The first-order valence-corrected chi connectivity index (χ1v) is 12.1. The van der Waals surface area contributed by atoms with E-state index in [1.807, 2.05) is 18.0 Å². The molecule has 0 radical (unpaired) electrons. The smallest absolute Gasteiger partial charge is 0.292 e. The van der Waals surface area contributed by atoms with E-state index in [0.29, 0.717) is 30.7 Å². The average Bonchev–Trinajstić information content (AvgIpc) is 3.33. The highest BCUT2D eigenvalue weighted by Crippen LogP contribution is 2.33. The summed E-state index contributed by atoms with van der Waals surface area (Å²) in [4.78, 5) is 27.2. The maximum Gasteiger partial charge on any atom is 0.292 e. The molecule has 172 valence electrons. The predicted molar refractivity (Wildman–Crippen MR) is 122 cm³/mol. The number of nitrogens with one attached hydrogen (secondary N) is 1. The van der Waals surface area contributed by atoms with Crippen molar-refractivity contribution in [3.05, 3.63) is 34.6 Å². The molecule has 5 rings (SSSR count). The largest absolute Gasteiger partial charge is 0.373 e. The number of aromatic nitrogens is 3. The molecule has 1 aliphatic carbocycles. The summed E-state index contributed by atoms with van der Waals surface area (Å²) < 4.78 is 5.50. The van der Waals surface area contributed by atoms with E-state index in [1.54, 1.807) is 0 Å². The van der Waals surface area contributed by atoms with Gasteiger partial charge in [0.15, 0.2) is 0 Å². The topological polar surface area (TPSA) is 87.4 Å². The van der Waals surface area contributed by atoms with Crippen LogP contribution in [0.25, 0.3) is 0 Å². The van der Waals surface area contributed by atoms with Crippen LogP contribution in [0.5, 0.6) is 0 Å². The first kappa shape index (κ1) is 21.4. The lowest BCUT2D eigenvalue weighted by molar-refractivity contribution is 0.0689. The third-order valence-electron chi connectivity index (χ3n) is 7.36. The molecule has 0 bridgehead atoms. The molecule has 2 aromatic rings. The molecule has 32 heavy (non-hydrogen) atoms. The molecule has 1 atom stereocenters. The SMILES string of the molecule is CNc1nc(C2CCCN(C)C2)nc2c1CCN(C(=O)c1cc(C3CCCCC3)no1)C2. The number of hydrogen-bond acceptors (Lipinski definition) is 7. The minimum Gasteiger partial charge on any atom is -0.373 e. The summed E-state index contributed by atoms with van der Waals surface area (Å²) in [6, 6.07) is 1.87. The van der Waals surface area contributed by atoms with Crippen LogP contribution in [-0.2, 0) is 13.0 Å². The Balaban J connectivity index is 1.34. The Kier molecular flexibility index (Phi) is 6.13. The molecule has 4 heterocycles. The Labute approximate surface area is 189 Å². The fraction of sp³-hybridized carbons (Fsp3) is 0.667. The maximum absolute atomic E-state index is 13.2. The highest BCUT2D eigenvalue weighted by molar-refractivity contribution is 5.91. The molecule has 1 saturated heterocycles. The van der Waals surface area contributed by atoms with Crippen LogP contribution < -0.4 is 5.32 Å². The molecule has 1 amide bonds. The Morgan fingerprint density at radius 3 is 2.69 bits per heavy atom. The van der Waals surface area contributed by atoms with Crippen LogP contribution in [0.1, 0.15) is 90.1 Å². The molecule has 2 aromatic heterocycles. The molecule has 8 heteroatoms. The van der Waals surface area contributed by atoms with Crippen molar-refractivity contribution in [3.8, 4) is 0 Å². The van der Waals surface area contributed by atoms with Crippen molar-refractivity contribution in [2.24, 2.45) is 0 Å². The maximum atomic E-state index is 13.2. The summed E-state index contributed by atoms with van der Waals surface area (Å²) in [5.41, 5.74) is 3.03. The van der Waals surface area contributed by atoms with Crippen molar-refractivity contribution in [2.75, 3.05) is 39.0 Å². The summed E-state index contributed by atoms with van der Waals surface area (Å²) in [6.07, 6.45) is 9.05.